The number of aryl methyl sites for hydroxylation is 1. The minimum Gasteiger partial charge on any atom is -0.357 e. The summed E-state index contributed by atoms with van der Waals surface area (Å²) in [6.45, 7) is 2.77. The van der Waals surface area contributed by atoms with E-state index in [1.54, 1.807) is 19.1 Å². The van der Waals surface area contributed by atoms with Crippen LogP contribution in [-0.4, -0.2) is 51.0 Å². The van der Waals surface area contributed by atoms with Crippen LogP contribution in [0, 0.1) is 6.92 Å². The van der Waals surface area contributed by atoms with Crippen molar-refractivity contribution in [1.29, 1.82) is 0 Å². The summed E-state index contributed by atoms with van der Waals surface area (Å²) in [5.41, 5.74) is 0.0754. The fraction of sp³-hybridized carbons (Fsp3) is 0.391. The molecule has 2 rings (SSSR count). The number of amides is 2. The molecule has 2 amide bonds. The highest BCUT2D eigenvalue weighted by molar-refractivity contribution is 7.92. The molecule has 35 heavy (non-hydrogen) atoms. The molecular formula is C23H27ClF3N3O4S. The van der Waals surface area contributed by atoms with Gasteiger partial charge in [-0.05, 0) is 37.1 Å². The number of halogens is 4. The lowest BCUT2D eigenvalue weighted by Gasteiger charge is -2.32. The molecule has 0 aliphatic heterocycles. The number of hydrogen-bond acceptors (Lipinski definition) is 4. The van der Waals surface area contributed by atoms with Crippen molar-refractivity contribution in [3.63, 3.8) is 0 Å². The fourth-order valence-corrected chi connectivity index (χ4v) is 4.54. The Balaban J connectivity index is 2.50. The van der Waals surface area contributed by atoms with Gasteiger partial charge in [-0.2, -0.15) is 13.2 Å². The molecule has 0 aliphatic carbocycles. The molecule has 0 saturated carbocycles. The Hall–Kier alpha value is -2.79. The molecule has 0 saturated heterocycles. The van der Waals surface area contributed by atoms with Crippen molar-refractivity contribution in [3.05, 3.63) is 64.2 Å². The van der Waals surface area contributed by atoms with E-state index < -0.39 is 51.2 Å². The molecule has 192 valence electrons. The Morgan fingerprint density at radius 3 is 2.20 bits per heavy atom. The van der Waals surface area contributed by atoms with Gasteiger partial charge in [-0.1, -0.05) is 48.4 Å². The SMILES string of the molecule is CC[C@@H](C(=O)NC)N(Cc1ccc(C)cc1)C(=O)CN(c1ccc(Cl)c(C(F)(F)F)c1)S(C)(=O)=O. The first-order valence-corrected chi connectivity index (χ1v) is 12.8. The average molecular weight is 534 g/mol. The van der Waals surface area contributed by atoms with Crippen molar-refractivity contribution in [2.75, 3.05) is 24.2 Å². The van der Waals surface area contributed by atoms with Gasteiger partial charge in [0.05, 0.1) is 22.5 Å². The van der Waals surface area contributed by atoms with Crippen LogP contribution >= 0.6 is 11.6 Å². The monoisotopic (exact) mass is 533 g/mol. The average Bonchev–Trinajstić information content (AvgIpc) is 2.77. The third-order valence-corrected chi connectivity index (χ3v) is 6.80. The Labute approximate surface area is 207 Å². The minimum atomic E-state index is -4.83. The predicted molar refractivity (Wildman–Crippen MR) is 129 cm³/mol. The maximum atomic E-state index is 13.4. The fourth-order valence-electron chi connectivity index (χ4n) is 3.48. The highest BCUT2D eigenvalue weighted by atomic mass is 35.5. The van der Waals surface area contributed by atoms with Crippen LogP contribution < -0.4 is 9.62 Å². The summed E-state index contributed by atoms with van der Waals surface area (Å²) in [4.78, 5) is 27.1. The molecule has 7 nitrogen and oxygen atoms in total. The maximum Gasteiger partial charge on any atom is 0.417 e. The standard InChI is InChI=1S/C23H27ClF3N3O4S/c1-5-20(22(32)28-3)29(13-16-8-6-15(2)7-9-16)21(31)14-30(35(4,33)34)17-10-11-19(24)18(12-17)23(25,26)27/h6-12,20H,5,13-14H2,1-4H3,(H,28,32)/t20-/m0/s1. The van der Waals surface area contributed by atoms with E-state index >= 15 is 0 Å². The van der Waals surface area contributed by atoms with Crippen LogP contribution in [0.4, 0.5) is 18.9 Å². The molecular weight excluding hydrogens is 507 g/mol. The quantitative estimate of drug-likeness (QED) is 0.528. The molecule has 0 radical (unpaired) electrons. The van der Waals surface area contributed by atoms with Crippen LogP contribution in [0.1, 0.15) is 30.0 Å². The van der Waals surface area contributed by atoms with E-state index in [-0.39, 0.29) is 18.7 Å². The first-order chi connectivity index (χ1) is 16.2. The van der Waals surface area contributed by atoms with Gasteiger partial charge in [0.1, 0.15) is 12.6 Å². The van der Waals surface area contributed by atoms with Crippen molar-refractivity contribution >= 4 is 39.1 Å². The second-order valence-electron chi connectivity index (χ2n) is 7.98. The summed E-state index contributed by atoms with van der Waals surface area (Å²) in [6.07, 6.45) is -3.82. The molecule has 0 fully saturated rings. The number of nitrogens with zero attached hydrogens (tertiary/aromatic N) is 2. The van der Waals surface area contributed by atoms with Gasteiger partial charge in [0.25, 0.3) is 0 Å². The zero-order chi connectivity index (χ0) is 26.6. The summed E-state index contributed by atoms with van der Waals surface area (Å²) in [5.74, 6) is -1.21. The van der Waals surface area contributed by atoms with E-state index in [1.807, 2.05) is 19.1 Å². The largest absolute Gasteiger partial charge is 0.417 e. The number of nitrogens with one attached hydrogen (secondary N) is 1. The molecule has 0 unspecified atom stereocenters. The summed E-state index contributed by atoms with van der Waals surface area (Å²) >= 11 is 5.66. The molecule has 0 spiro atoms. The molecule has 0 bridgehead atoms. The molecule has 1 atom stereocenters. The van der Waals surface area contributed by atoms with Gasteiger partial charge in [-0.3, -0.25) is 13.9 Å². The number of sulfonamides is 1. The van der Waals surface area contributed by atoms with Gasteiger partial charge in [0.2, 0.25) is 21.8 Å². The van der Waals surface area contributed by atoms with E-state index in [0.29, 0.717) is 15.9 Å². The summed E-state index contributed by atoms with van der Waals surface area (Å²) < 4.78 is 65.7. The normalized spacial score (nSPS) is 12.7. The number of anilines is 1. The van der Waals surface area contributed by atoms with Crippen LogP contribution in [-0.2, 0) is 32.3 Å². The highest BCUT2D eigenvalue weighted by Crippen LogP contribution is 2.37. The molecule has 2 aromatic carbocycles. The van der Waals surface area contributed by atoms with E-state index in [1.165, 1.54) is 11.9 Å². The number of alkyl halides is 3. The number of benzene rings is 2. The molecule has 2 aromatic rings. The van der Waals surface area contributed by atoms with Crippen molar-refractivity contribution in [1.82, 2.24) is 10.2 Å². The number of likely N-dealkylation sites (N-methyl/N-ethyl adjacent to an activating group) is 1. The van der Waals surface area contributed by atoms with Crippen LogP contribution in [0.2, 0.25) is 5.02 Å². The maximum absolute atomic E-state index is 13.4. The Kier molecular flexibility index (Phi) is 9.18. The van der Waals surface area contributed by atoms with Crippen LogP contribution in [0.5, 0.6) is 0 Å². The van der Waals surface area contributed by atoms with Crippen molar-refractivity contribution in [2.45, 2.75) is 39.0 Å². The summed E-state index contributed by atoms with van der Waals surface area (Å²) in [7, 11) is -2.77. The molecule has 0 aromatic heterocycles. The topological polar surface area (TPSA) is 86.8 Å². The lowest BCUT2D eigenvalue weighted by Crippen LogP contribution is -2.51. The first kappa shape index (κ1) is 28.4. The zero-order valence-electron chi connectivity index (χ0n) is 19.7. The van der Waals surface area contributed by atoms with Crippen molar-refractivity contribution < 1.29 is 31.2 Å². The Morgan fingerprint density at radius 1 is 1.11 bits per heavy atom. The van der Waals surface area contributed by atoms with Gasteiger partial charge in [0.15, 0.2) is 0 Å². The van der Waals surface area contributed by atoms with E-state index in [2.05, 4.69) is 5.32 Å². The second kappa shape index (κ2) is 11.3. The predicted octanol–water partition coefficient (Wildman–Crippen LogP) is 3.99. The third kappa shape index (κ3) is 7.35. The Bertz CT molecular complexity index is 1170. The van der Waals surface area contributed by atoms with E-state index in [4.69, 9.17) is 11.6 Å². The van der Waals surface area contributed by atoms with Gasteiger partial charge < -0.3 is 10.2 Å². The number of rotatable bonds is 9. The van der Waals surface area contributed by atoms with Gasteiger partial charge in [-0.15, -0.1) is 0 Å². The Morgan fingerprint density at radius 2 is 1.71 bits per heavy atom. The van der Waals surface area contributed by atoms with Crippen LogP contribution in [0.25, 0.3) is 0 Å². The first-order valence-electron chi connectivity index (χ1n) is 10.6. The van der Waals surface area contributed by atoms with Crippen LogP contribution in [0.15, 0.2) is 42.5 Å². The van der Waals surface area contributed by atoms with Crippen LogP contribution in [0.3, 0.4) is 0 Å². The molecule has 0 heterocycles. The highest BCUT2D eigenvalue weighted by Gasteiger charge is 2.36. The smallest absolute Gasteiger partial charge is 0.357 e. The second-order valence-corrected chi connectivity index (χ2v) is 10.3. The van der Waals surface area contributed by atoms with E-state index in [0.717, 1.165) is 24.0 Å². The van der Waals surface area contributed by atoms with Crippen molar-refractivity contribution in [3.8, 4) is 0 Å². The number of hydrogen-bond donors (Lipinski definition) is 1. The van der Waals surface area contributed by atoms with Gasteiger partial charge >= 0.3 is 6.18 Å². The number of carbonyl (C=O) groups excluding carboxylic acids is 2. The lowest BCUT2D eigenvalue weighted by atomic mass is 10.1. The van der Waals surface area contributed by atoms with Gasteiger partial charge in [0, 0.05) is 13.6 Å². The molecule has 0 aliphatic rings. The lowest BCUT2D eigenvalue weighted by molar-refractivity contribution is -0.140. The third-order valence-electron chi connectivity index (χ3n) is 5.33. The number of carbonyl (C=O) groups is 2. The molecule has 1 N–H and O–H groups in total. The summed E-state index contributed by atoms with van der Waals surface area (Å²) in [6, 6.07) is 8.87. The zero-order valence-corrected chi connectivity index (χ0v) is 21.3. The van der Waals surface area contributed by atoms with Gasteiger partial charge in [-0.25, -0.2) is 8.42 Å². The summed E-state index contributed by atoms with van der Waals surface area (Å²) in [5, 5.41) is 1.88. The van der Waals surface area contributed by atoms with E-state index in [9.17, 15) is 31.2 Å². The minimum absolute atomic E-state index is 0.00292. The molecule has 12 heteroatoms. The van der Waals surface area contributed by atoms with Crippen molar-refractivity contribution in [2.24, 2.45) is 0 Å².